The molecule has 2 aromatic heterocycles. The van der Waals surface area contributed by atoms with Crippen molar-refractivity contribution in [2.75, 3.05) is 13.7 Å². The van der Waals surface area contributed by atoms with Crippen LogP contribution in [0.4, 0.5) is 0 Å². The van der Waals surface area contributed by atoms with E-state index in [2.05, 4.69) is 33.9 Å². The number of nitrogens with one attached hydrogen (secondary N) is 1. The molecule has 0 aliphatic rings. The standard InChI is InChI=1S/C20H23N3O4/c1-5-26-20(25)16-13(3)27-19-17(16)18(24)21-15(22-19)11-23(4)10-14-9-7-6-8-12(14)2/h6-9H,5,10-11H2,1-4H3,(H,21,22,24). The van der Waals surface area contributed by atoms with Gasteiger partial charge in [-0.2, -0.15) is 4.98 Å². The summed E-state index contributed by atoms with van der Waals surface area (Å²) < 4.78 is 10.6. The first-order valence-electron chi connectivity index (χ1n) is 8.83. The minimum absolute atomic E-state index is 0.135. The molecule has 0 radical (unpaired) electrons. The van der Waals surface area contributed by atoms with Crippen molar-refractivity contribution in [2.24, 2.45) is 0 Å². The highest BCUT2D eigenvalue weighted by atomic mass is 16.5. The number of carbonyl (C=O) groups is 1. The van der Waals surface area contributed by atoms with E-state index < -0.39 is 11.5 Å². The van der Waals surface area contributed by atoms with Crippen LogP contribution in [0.2, 0.25) is 0 Å². The summed E-state index contributed by atoms with van der Waals surface area (Å²) in [6.07, 6.45) is 0. The summed E-state index contributed by atoms with van der Waals surface area (Å²) in [4.78, 5) is 33.9. The topological polar surface area (TPSA) is 88.4 Å². The lowest BCUT2D eigenvalue weighted by atomic mass is 10.1. The lowest BCUT2D eigenvalue weighted by Gasteiger charge is -2.17. The number of fused-ring (bicyclic) bond motifs is 1. The third-order valence-corrected chi connectivity index (χ3v) is 4.39. The molecule has 2 heterocycles. The zero-order valence-corrected chi connectivity index (χ0v) is 16.0. The van der Waals surface area contributed by atoms with E-state index in [1.807, 2.05) is 19.2 Å². The van der Waals surface area contributed by atoms with Crippen molar-refractivity contribution in [1.82, 2.24) is 14.9 Å². The summed E-state index contributed by atoms with van der Waals surface area (Å²) >= 11 is 0. The van der Waals surface area contributed by atoms with Crippen LogP contribution in [-0.2, 0) is 17.8 Å². The van der Waals surface area contributed by atoms with E-state index in [0.29, 0.717) is 18.1 Å². The van der Waals surface area contributed by atoms with Gasteiger partial charge in [-0.1, -0.05) is 24.3 Å². The fourth-order valence-electron chi connectivity index (χ4n) is 3.08. The van der Waals surface area contributed by atoms with Crippen LogP contribution in [0.3, 0.4) is 0 Å². The Morgan fingerprint density at radius 2 is 2.00 bits per heavy atom. The number of hydrogen-bond donors (Lipinski definition) is 1. The van der Waals surface area contributed by atoms with Gasteiger partial charge in [-0.3, -0.25) is 9.69 Å². The molecule has 1 aromatic carbocycles. The van der Waals surface area contributed by atoms with Crippen molar-refractivity contribution >= 4 is 17.1 Å². The number of nitrogens with zero attached hydrogens (tertiary/aromatic N) is 2. The molecule has 0 aliphatic heterocycles. The van der Waals surface area contributed by atoms with E-state index >= 15 is 0 Å². The zero-order chi connectivity index (χ0) is 19.6. The number of hydrogen-bond acceptors (Lipinski definition) is 6. The van der Waals surface area contributed by atoms with Gasteiger partial charge in [0.25, 0.3) is 5.56 Å². The van der Waals surface area contributed by atoms with Gasteiger partial charge in [-0.05, 0) is 38.9 Å². The number of rotatable bonds is 6. The maximum Gasteiger partial charge on any atom is 0.342 e. The van der Waals surface area contributed by atoms with E-state index in [4.69, 9.17) is 9.15 Å². The Balaban J connectivity index is 1.87. The molecular formula is C20H23N3O4. The van der Waals surface area contributed by atoms with Crippen LogP contribution >= 0.6 is 0 Å². The second-order valence-electron chi connectivity index (χ2n) is 6.55. The number of H-pyrrole nitrogens is 1. The van der Waals surface area contributed by atoms with Crippen LogP contribution in [0, 0.1) is 13.8 Å². The molecule has 0 spiro atoms. The Kier molecular flexibility index (Phi) is 5.41. The number of aryl methyl sites for hydroxylation is 2. The number of aromatic amines is 1. The molecule has 0 bridgehead atoms. The van der Waals surface area contributed by atoms with Gasteiger partial charge < -0.3 is 14.1 Å². The molecule has 1 N–H and O–H groups in total. The molecule has 0 fully saturated rings. The van der Waals surface area contributed by atoms with E-state index in [1.165, 1.54) is 11.1 Å². The normalized spacial score (nSPS) is 11.3. The predicted molar refractivity (Wildman–Crippen MR) is 102 cm³/mol. The summed E-state index contributed by atoms with van der Waals surface area (Å²) in [5.74, 6) is 0.227. The van der Waals surface area contributed by atoms with Gasteiger partial charge in [0.2, 0.25) is 5.71 Å². The van der Waals surface area contributed by atoms with Crippen molar-refractivity contribution in [1.29, 1.82) is 0 Å². The highest BCUT2D eigenvalue weighted by molar-refractivity contribution is 6.03. The lowest BCUT2D eigenvalue weighted by Crippen LogP contribution is -2.22. The molecule has 0 atom stereocenters. The molecule has 7 nitrogen and oxygen atoms in total. The predicted octanol–water partition coefficient (Wildman–Crippen LogP) is 2.94. The van der Waals surface area contributed by atoms with Crippen molar-refractivity contribution < 1.29 is 13.9 Å². The second kappa shape index (κ2) is 7.75. The molecule has 0 amide bonds. The average molecular weight is 369 g/mol. The third kappa shape index (κ3) is 3.93. The van der Waals surface area contributed by atoms with E-state index in [-0.39, 0.29) is 23.3 Å². The summed E-state index contributed by atoms with van der Waals surface area (Å²) in [6.45, 7) is 6.78. The summed E-state index contributed by atoms with van der Waals surface area (Å²) in [5.41, 5.74) is 2.31. The van der Waals surface area contributed by atoms with Gasteiger partial charge in [0.1, 0.15) is 22.5 Å². The number of ether oxygens (including phenoxy) is 1. The number of furan rings is 1. The summed E-state index contributed by atoms with van der Waals surface area (Å²) in [5, 5.41) is 0.135. The van der Waals surface area contributed by atoms with Crippen LogP contribution < -0.4 is 5.56 Å². The van der Waals surface area contributed by atoms with Gasteiger partial charge >= 0.3 is 5.97 Å². The first kappa shape index (κ1) is 18.8. The minimum atomic E-state index is -0.578. The van der Waals surface area contributed by atoms with Crippen molar-refractivity contribution in [3.8, 4) is 0 Å². The fraction of sp³-hybridized carbons (Fsp3) is 0.350. The van der Waals surface area contributed by atoms with Gasteiger partial charge in [0.15, 0.2) is 0 Å². The maximum absolute atomic E-state index is 12.6. The number of esters is 1. The van der Waals surface area contributed by atoms with Crippen molar-refractivity contribution in [3.63, 3.8) is 0 Å². The van der Waals surface area contributed by atoms with Crippen molar-refractivity contribution in [2.45, 2.75) is 33.9 Å². The molecule has 7 heteroatoms. The third-order valence-electron chi connectivity index (χ3n) is 4.39. The Hall–Kier alpha value is -2.93. The molecule has 142 valence electrons. The first-order chi connectivity index (χ1) is 12.9. The van der Waals surface area contributed by atoms with Crippen LogP contribution in [0.25, 0.3) is 11.1 Å². The quantitative estimate of drug-likeness (QED) is 0.672. The SMILES string of the molecule is CCOC(=O)c1c(C)oc2nc(CN(C)Cc3ccccc3C)[nH]c(=O)c12. The Bertz CT molecular complexity index is 1040. The molecule has 0 saturated heterocycles. The van der Waals surface area contributed by atoms with Crippen LogP contribution in [-0.4, -0.2) is 34.5 Å². The largest absolute Gasteiger partial charge is 0.462 e. The van der Waals surface area contributed by atoms with Crippen LogP contribution in [0.1, 0.15) is 40.0 Å². The second-order valence-corrected chi connectivity index (χ2v) is 6.55. The lowest BCUT2D eigenvalue weighted by molar-refractivity contribution is 0.0526. The van der Waals surface area contributed by atoms with Gasteiger partial charge in [0, 0.05) is 6.54 Å². The highest BCUT2D eigenvalue weighted by Gasteiger charge is 2.23. The number of benzene rings is 1. The van der Waals surface area contributed by atoms with Gasteiger partial charge in [0.05, 0.1) is 13.2 Å². The minimum Gasteiger partial charge on any atom is -0.462 e. The van der Waals surface area contributed by atoms with E-state index in [0.717, 1.165) is 6.54 Å². The zero-order valence-electron chi connectivity index (χ0n) is 16.0. The Labute approximate surface area is 157 Å². The first-order valence-corrected chi connectivity index (χ1v) is 8.83. The Morgan fingerprint density at radius 3 is 2.70 bits per heavy atom. The Morgan fingerprint density at radius 1 is 1.26 bits per heavy atom. The molecular weight excluding hydrogens is 346 g/mol. The number of aromatic nitrogens is 2. The summed E-state index contributed by atoms with van der Waals surface area (Å²) in [6, 6.07) is 8.15. The van der Waals surface area contributed by atoms with Crippen molar-refractivity contribution in [3.05, 3.63) is 62.9 Å². The molecule has 27 heavy (non-hydrogen) atoms. The molecule has 0 aliphatic carbocycles. The number of carbonyl (C=O) groups excluding carboxylic acids is 1. The smallest absolute Gasteiger partial charge is 0.342 e. The van der Waals surface area contributed by atoms with Crippen LogP contribution in [0.15, 0.2) is 33.5 Å². The molecule has 0 unspecified atom stereocenters. The fourth-order valence-corrected chi connectivity index (χ4v) is 3.08. The molecule has 3 aromatic rings. The van der Waals surface area contributed by atoms with Gasteiger partial charge in [-0.25, -0.2) is 4.79 Å². The highest BCUT2D eigenvalue weighted by Crippen LogP contribution is 2.22. The van der Waals surface area contributed by atoms with Gasteiger partial charge in [-0.15, -0.1) is 0 Å². The summed E-state index contributed by atoms with van der Waals surface area (Å²) in [7, 11) is 1.95. The van der Waals surface area contributed by atoms with E-state index in [9.17, 15) is 9.59 Å². The van der Waals surface area contributed by atoms with E-state index in [1.54, 1.807) is 13.8 Å². The molecule has 3 rings (SSSR count). The maximum atomic E-state index is 12.6. The molecule has 0 saturated carbocycles. The van der Waals surface area contributed by atoms with Crippen LogP contribution in [0.5, 0.6) is 0 Å². The monoisotopic (exact) mass is 369 g/mol. The average Bonchev–Trinajstić information content (AvgIpc) is 2.93.